The van der Waals surface area contributed by atoms with Crippen LogP contribution in [0.25, 0.3) is 0 Å². The monoisotopic (exact) mass is 357 g/mol. The molecule has 1 heterocycles. The van der Waals surface area contributed by atoms with Crippen LogP contribution in [0.3, 0.4) is 0 Å². The standard InChI is InChI=1S/C20H27N3O3/c1-4-25-19-8-7-14(2)10-18(19)15(3)22-12-16(11-21)20(24)23-13-17-6-5-9-26-17/h7-8,10,12,15,17,22H,4-6,9,13H2,1-3H3,(H,23,24)/b16-12-. The van der Waals surface area contributed by atoms with Gasteiger partial charge in [0.25, 0.3) is 5.91 Å². The Morgan fingerprint density at radius 1 is 1.54 bits per heavy atom. The maximum absolute atomic E-state index is 12.2. The first kappa shape index (κ1) is 19.8. The van der Waals surface area contributed by atoms with Crippen LogP contribution in [0.15, 0.2) is 30.0 Å². The molecule has 0 aliphatic carbocycles. The number of hydrogen-bond donors (Lipinski definition) is 2. The summed E-state index contributed by atoms with van der Waals surface area (Å²) in [7, 11) is 0. The van der Waals surface area contributed by atoms with Gasteiger partial charge in [0.05, 0.1) is 18.8 Å². The number of rotatable bonds is 8. The van der Waals surface area contributed by atoms with Gasteiger partial charge in [0.15, 0.2) is 0 Å². The van der Waals surface area contributed by atoms with E-state index < -0.39 is 5.91 Å². The molecular formula is C20H27N3O3. The quantitative estimate of drug-likeness (QED) is 0.552. The number of nitriles is 1. The SMILES string of the molecule is CCOc1ccc(C)cc1C(C)N/C=C(/C#N)C(=O)NCC1CCCO1. The fourth-order valence-electron chi connectivity index (χ4n) is 2.85. The minimum absolute atomic E-state index is 0.0421. The van der Waals surface area contributed by atoms with Crippen LogP contribution in [0.4, 0.5) is 0 Å². The Morgan fingerprint density at radius 2 is 2.35 bits per heavy atom. The number of amides is 1. The molecule has 140 valence electrons. The lowest BCUT2D eigenvalue weighted by Crippen LogP contribution is -2.33. The fourth-order valence-corrected chi connectivity index (χ4v) is 2.85. The number of aryl methyl sites for hydroxylation is 1. The zero-order valence-electron chi connectivity index (χ0n) is 15.7. The molecule has 26 heavy (non-hydrogen) atoms. The highest BCUT2D eigenvalue weighted by atomic mass is 16.5. The van der Waals surface area contributed by atoms with Gasteiger partial charge in [-0.15, -0.1) is 0 Å². The molecule has 1 aliphatic heterocycles. The van der Waals surface area contributed by atoms with E-state index >= 15 is 0 Å². The van der Waals surface area contributed by atoms with Crippen LogP contribution in [0.2, 0.25) is 0 Å². The molecule has 1 fully saturated rings. The summed E-state index contributed by atoms with van der Waals surface area (Å²) in [5.74, 6) is 0.407. The van der Waals surface area contributed by atoms with Gasteiger partial charge >= 0.3 is 0 Å². The summed E-state index contributed by atoms with van der Waals surface area (Å²) in [5.41, 5.74) is 2.15. The maximum Gasteiger partial charge on any atom is 0.263 e. The predicted molar refractivity (Wildman–Crippen MR) is 99.6 cm³/mol. The summed E-state index contributed by atoms with van der Waals surface area (Å²) in [4.78, 5) is 12.2. The van der Waals surface area contributed by atoms with Crippen LogP contribution in [-0.2, 0) is 9.53 Å². The molecule has 0 bridgehead atoms. The molecule has 2 atom stereocenters. The molecule has 6 nitrogen and oxygen atoms in total. The van der Waals surface area contributed by atoms with Crippen LogP contribution in [0.1, 0.15) is 43.9 Å². The fraction of sp³-hybridized carbons (Fsp3) is 0.500. The van der Waals surface area contributed by atoms with E-state index in [0.29, 0.717) is 13.2 Å². The summed E-state index contributed by atoms with van der Waals surface area (Å²) < 4.78 is 11.1. The Kier molecular flexibility index (Phi) is 7.49. The van der Waals surface area contributed by atoms with Gasteiger partial charge in [0.2, 0.25) is 0 Å². The van der Waals surface area contributed by atoms with Crippen LogP contribution in [0.5, 0.6) is 5.75 Å². The average molecular weight is 357 g/mol. The van der Waals surface area contributed by atoms with Crippen molar-refractivity contribution in [1.82, 2.24) is 10.6 Å². The molecular weight excluding hydrogens is 330 g/mol. The van der Waals surface area contributed by atoms with E-state index in [1.54, 1.807) is 0 Å². The molecule has 2 N–H and O–H groups in total. The highest BCUT2D eigenvalue weighted by Gasteiger charge is 2.18. The van der Waals surface area contributed by atoms with Gasteiger partial charge < -0.3 is 20.1 Å². The van der Waals surface area contributed by atoms with Gasteiger partial charge in [0, 0.05) is 24.9 Å². The number of carbonyl (C=O) groups is 1. The van der Waals surface area contributed by atoms with Crippen LogP contribution in [0, 0.1) is 18.3 Å². The topological polar surface area (TPSA) is 83.4 Å². The second-order valence-electron chi connectivity index (χ2n) is 6.38. The Balaban J connectivity index is 2.00. The first-order valence-electron chi connectivity index (χ1n) is 9.04. The maximum atomic E-state index is 12.2. The van der Waals surface area contributed by atoms with Crippen molar-refractivity contribution in [2.45, 2.75) is 45.8 Å². The number of carbonyl (C=O) groups excluding carboxylic acids is 1. The predicted octanol–water partition coefficient (Wildman–Crippen LogP) is 2.75. The van der Waals surface area contributed by atoms with Crippen molar-refractivity contribution in [3.05, 3.63) is 41.1 Å². The Morgan fingerprint density at radius 3 is 3.00 bits per heavy atom. The van der Waals surface area contributed by atoms with Crippen molar-refractivity contribution < 1.29 is 14.3 Å². The molecule has 0 aromatic heterocycles. The second-order valence-corrected chi connectivity index (χ2v) is 6.38. The summed E-state index contributed by atoms with van der Waals surface area (Å²) in [5, 5.41) is 15.2. The zero-order valence-corrected chi connectivity index (χ0v) is 15.7. The molecule has 1 aliphatic rings. The van der Waals surface area contributed by atoms with E-state index in [-0.39, 0.29) is 17.7 Å². The number of benzene rings is 1. The van der Waals surface area contributed by atoms with Crippen molar-refractivity contribution in [2.75, 3.05) is 19.8 Å². The minimum atomic E-state index is -0.392. The Hall–Kier alpha value is -2.52. The summed E-state index contributed by atoms with van der Waals surface area (Å²) in [6, 6.07) is 7.82. The molecule has 0 spiro atoms. The third-order valence-corrected chi connectivity index (χ3v) is 4.29. The van der Waals surface area contributed by atoms with Crippen LogP contribution < -0.4 is 15.4 Å². The van der Waals surface area contributed by atoms with Gasteiger partial charge in [-0.25, -0.2) is 0 Å². The largest absolute Gasteiger partial charge is 0.494 e. The molecule has 2 rings (SSSR count). The minimum Gasteiger partial charge on any atom is -0.494 e. The first-order valence-corrected chi connectivity index (χ1v) is 9.04. The van der Waals surface area contributed by atoms with Gasteiger partial charge in [0.1, 0.15) is 17.4 Å². The third kappa shape index (κ3) is 5.50. The van der Waals surface area contributed by atoms with Crippen molar-refractivity contribution in [3.63, 3.8) is 0 Å². The van der Waals surface area contributed by atoms with Gasteiger partial charge in [-0.2, -0.15) is 5.26 Å². The smallest absolute Gasteiger partial charge is 0.263 e. The van der Waals surface area contributed by atoms with E-state index in [9.17, 15) is 10.1 Å². The average Bonchev–Trinajstić information content (AvgIpc) is 3.15. The Bertz CT molecular complexity index is 688. The molecule has 1 aromatic rings. The zero-order chi connectivity index (χ0) is 18.9. The number of ether oxygens (including phenoxy) is 2. The van der Waals surface area contributed by atoms with Crippen LogP contribution >= 0.6 is 0 Å². The molecule has 1 aromatic carbocycles. The summed E-state index contributed by atoms with van der Waals surface area (Å²) >= 11 is 0. The van der Waals surface area contributed by atoms with E-state index in [2.05, 4.69) is 10.6 Å². The first-order chi connectivity index (χ1) is 12.5. The van der Waals surface area contributed by atoms with E-state index in [4.69, 9.17) is 9.47 Å². The number of nitrogens with zero attached hydrogens (tertiary/aromatic N) is 1. The van der Waals surface area contributed by atoms with Gasteiger partial charge in [-0.1, -0.05) is 17.7 Å². The van der Waals surface area contributed by atoms with Crippen molar-refractivity contribution in [1.29, 1.82) is 5.26 Å². The highest BCUT2D eigenvalue weighted by Crippen LogP contribution is 2.26. The van der Waals surface area contributed by atoms with E-state index in [1.165, 1.54) is 6.20 Å². The van der Waals surface area contributed by atoms with E-state index in [0.717, 1.165) is 36.3 Å². The molecule has 2 unspecified atom stereocenters. The van der Waals surface area contributed by atoms with Crippen molar-refractivity contribution in [3.8, 4) is 11.8 Å². The van der Waals surface area contributed by atoms with Crippen molar-refractivity contribution in [2.24, 2.45) is 0 Å². The van der Waals surface area contributed by atoms with Gasteiger partial charge in [-0.3, -0.25) is 4.79 Å². The lowest BCUT2D eigenvalue weighted by molar-refractivity contribution is -0.117. The molecule has 6 heteroatoms. The van der Waals surface area contributed by atoms with Crippen LogP contribution in [-0.4, -0.2) is 31.8 Å². The lowest BCUT2D eigenvalue weighted by Gasteiger charge is -2.18. The summed E-state index contributed by atoms with van der Waals surface area (Å²) in [6.07, 6.45) is 3.47. The van der Waals surface area contributed by atoms with Gasteiger partial charge in [-0.05, 0) is 39.7 Å². The van der Waals surface area contributed by atoms with Crippen molar-refractivity contribution >= 4 is 5.91 Å². The molecule has 1 amide bonds. The highest BCUT2D eigenvalue weighted by molar-refractivity contribution is 5.97. The number of hydrogen-bond acceptors (Lipinski definition) is 5. The lowest BCUT2D eigenvalue weighted by atomic mass is 10.0. The summed E-state index contributed by atoms with van der Waals surface area (Å²) in [6.45, 7) is 7.66. The molecule has 0 radical (unpaired) electrons. The third-order valence-electron chi connectivity index (χ3n) is 4.29. The van der Waals surface area contributed by atoms with E-state index in [1.807, 2.05) is 45.0 Å². The normalized spacial score (nSPS) is 18.1. The molecule has 0 saturated carbocycles. The second kappa shape index (κ2) is 9.83. The Labute approximate surface area is 155 Å². The number of nitrogens with one attached hydrogen (secondary N) is 2. The molecule has 1 saturated heterocycles.